The molecule has 0 N–H and O–H groups in total. The van der Waals surface area contributed by atoms with Crippen molar-refractivity contribution in [2.24, 2.45) is 0 Å². The number of fused-ring (bicyclic) bond motifs is 1. The van der Waals surface area contributed by atoms with Gasteiger partial charge in [-0.05, 0) is 23.8 Å². The molecule has 1 aromatic heterocycles. The molecule has 0 aliphatic carbocycles. The lowest BCUT2D eigenvalue weighted by atomic mass is 10.0. The van der Waals surface area contributed by atoms with Crippen LogP contribution in [0.25, 0.3) is 10.9 Å². The minimum absolute atomic E-state index is 0.169. The van der Waals surface area contributed by atoms with E-state index in [1.807, 2.05) is 18.2 Å². The van der Waals surface area contributed by atoms with Crippen molar-refractivity contribution in [3.8, 4) is 0 Å². The van der Waals surface area contributed by atoms with Crippen LogP contribution in [0.2, 0.25) is 0 Å². The average molecular weight is 370 g/mol. The lowest BCUT2D eigenvalue weighted by Gasteiger charge is -2.37. The second kappa shape index (κ2) is 6.26. The lowest BCUT2D eigenvalue weighted by molar-refractivity contribution is 0.0939. The summed E-state index contributed by atoms with van der Waals surface area (Å²) in [6, 6.07) is 16.7. The third-order valence-electron chi connectivity index (χ3n) is 4.16. The van der Waals surface area contributed by atoms with Gasteiger partial charge in [0.2, 0.25) is 0 Å². The summed E-state index contributed by atoms with van der Waals surface area (Å²) < 4.78 is 6.76. The Morgan fingerprint density at radius 2 is 1.96 bits per heavy atom. The van der Waals surface area contributed by atoms with E-state index in [1.54, 1.807) is 6.33 Å². The van der Waals surface area contributed by atoms with Gasteiger partial charge in [0.05, 0.1) is 24.8 Å². The van der Waals surface area contributed by atoms with E-state index in [1.165, 1.54) is 5.56 Å². The van der Waals surface area contributed by atoms with E-state index in [9.17, 15) is 0 Å². The molecule has 1 atom stereocenters. The van der Waals surface area contributed by atoms with Crippen molar-refractivity contribution in [2.75, 3.05) is 24.7 Å². The molecular weight excluding hydrogens is 354 g/mol. The van der Waals surface area contributed by atoms with E-state index >= 15 is 0 Å². The Morgan fingerprint density at radius 3 is 2.83 bits per heavy atom. The van der Waals surface area contributed by atoms with Crippen LogP contribution in [0.15, 0.2) is 59.3 Å². The van der Waals surface area contributed by atoms with Gasteiger partial charge >= 0.3 is 0 Å². The summed E-state index contributed by atoms with van der Waals surface area (Å²) in [7, 11) is 0. The molecule has 1 unspecified atom stereocenters. The third-order valence-corrected chi connectivity index (χ3v) is 4.65. The molecule has 1 saturated heterocycles. The second-order valence-corrected chi connectivity index (χ2v) is 6.47. The van der Waals surface area contributed by atoms with Gasteiger partial charge in [-0.1, -0.05) is 46.3 Å². The predicted octanol–water partition coefficient (Wildman–Crippen LogP) is 3.97. The molecule has 2 aromatic carbocycles. The Balaban J connectivity index is 1.83. The largest absolute Gasteiger partial charge is 0.377 e. The third kappa shape index (κ3) is 2.82. The first-order valence-corrected chi connectivity index (χ1v) is 8.42. The number of anilines is 1. The van der Waals surface area contributed by atoms with Crippen molar-refractivity contribution >= 4 is 32.7 Å². The summed E-state index contributed by atoms with van der Waals surface area (Å²) in [5, 5.41) is 1.06. The molecule has 1 aliphatic heterocycles. The van der Waals surface area contributed by atoms with Gasteiger partial charge in [-0.2, -0.15) is 0 Å². The molecule has 5 heteroatoms. The number of aromatic nitrogens is 2. The first-order chi connectivity index (χ1) is 11.3. The zero-order chi connectivity index (χ0) is 15.6. The maximum atomic E-state index is 5.73. The van der Waals surface area contributed by atoms with Crippen molar-refractivity contribution in [1.82, 2.24) is 9.97 Å². The molecule has 4 rings (SSSR count). The zero-order valence-corrected chi connectivity index (χ0v) is 14.1. The van der Waals surface area contributed by atoms with Gasteiger partial charge in [0, 0.05) is 16.4 Å². The molecule has 23 heavy (non-hydrogen) atoms. The second-order valence-electron chi connectivity index (χ2n) is 5.55. The summed E-state index contributed by atoms with van der Waals surface area (Å²) in [5.74, 6) is 0.966. The van der Waals surface area contributed by atoms with Crippen LogP contribution in [-0.4, -0.2) is 29.7 Å². The summed E-state index contributed by atoms with van der Waals surface area (Å²) in [5.41, 5.74) is 2.20. The van der Waals surface area contributed by atoms with Gasteiger partial charge in [-0.3, -0.25) is 0 Å². The van der Waals surface area contributed by atoms with Crippen LogP contribution in [0, 0.1) is 0 Å². The molecule has 1 fully saturated rings. The van der Waals surface area contributed by atoms with E-state index in [0.29, 0.717) is 13.2 Å². The van der Waals surface area contributed by atoms with Crippen molar-refractivity contribution in [3.05, 3.63) is 64.9 Å². The number of ether oxygens (including phenoxy) is 1. The van der Waals surface area contributed by atoms with Gasteiger partial charge in [-0.15, -0.1) is 0 Å². The van der Waals surface area contributed by atoms with Crippen LogP contribution in [0.5, 0.6) is 0 Å². The number of hydrogen-bond donors (Lipinski definition) is 0. The fourth-order valence-electron chi connectivity index (χ4n) is 3.05. The van der Waals surface area contributed by atoms with Gasteiger partial charge in [0.1, 0.15) is 12.1 Å². The molecule has 0 radical (unpaired) electrons. The molecule has 1 aliphatic rings. The highest BCUT2D eigenvalue weighted by Crippen LogP contribution is 2.33. The minimum atomic E-state index is 0.169. The molecule has 3 aromatic rings. The van der Waals surface area contributed by atoms with E-state index in [2.05, 4.69) is 61.1 Å². The fourth-order valence-corrected chi connectivity index (χ4v) is 3.41. The summed E-state index contributed by atoms with van der Waals surface area (Å²) in [4.78, 5) is 11.3. The molecule has 0 amide bonds. The van der Waals surface area contributed by atoms with Crippen LogP contribution in [0.3, 0.4) is 0 Å². The van der Waals surface area contributed by atoms with Crippen molar-refractivity contribution in [2.45, 2.75) is 6.04 Å². The van der Waals surface area contributed by atoms with Crippen LogP contribution in [0.1, 0.15) is 11.6 Å². The number of halogens is 1. The van der Waals surface area contributed by atoms with Gasteiger partial charge in [0.15, 0.2) is 0 Å². The van der Waals surface area contributed by atoms with Gasteiger partial charge < -0.3 is 9.64 Å². The smallest absolute Gasteiger partial charge is 0.140 e. The van der Waals surface area contributed by atoms with Gasteiger partial charge in [-0.25, -0.2) is 9.97 Å². The highest BCUT2D eigenvalue weighted by Gasteiger charge is 2.27. The Labute approximate surface area is 143 Å². The average Bonchev–Trinajstić information content (AvgIpc) is 2.62. The van der Waals surface area contributed by atoms with E-state index < -0.39 is 0 Å². The van der Waals surface area contributed by atoms with Crippen LogP contribution in [-0.2, 0) is 4.74 Å². The monoisotopic (exact) mass is 369 g/mol. The van der Waals surface area contributed by atoms with Crippen LogP contribution >= 0.6 is 15.9 Å². The Hall–Kier alpha value is -1.98. The molecule has 0 bridgehead atoms. The summed E-state index contributed by atoms with van der Waals surface area (Å²) >= 11 is 3.55. The molecular formula is C18H16BrN3O. The number of morpholine rings is 1. The number of hydrogen-bond acceptors (Lipinski definition) is 4. The normalized spacial score (nSPS) is 18.3. The van der Waals surface area contributed by atoms with Crippen molar-refractivity contribution in [1.29, 1.82) is 0 Å². The fraction of sp³-hybridized carbons (Fsp3) is 0.222. The Bertz CT molecular complexity index is 825. The number of rotatable bonds is 2. The van der Waals surface area contributed by atoms with E-state index in [4.69, 9.17) is 4.74 Å². The van der Waals surface area contributed by atoms with Crippen molar-refractivity contribution in [3.63, 3.8) is 0 Å². The van der Waals surface area contributed by atoms with E-state index in [-0.39, 0.29) is 6.04 Å². The van der Waals surface area contributed by atoms with Crippen LogP contribution < -0.4 is 4.90 Å². The van der Waals surface area contributed by atoms with Gasteiger partial charge in [0.25, 0.3) is 0 Å². The zero-order valence-electron chi connectivity index (χ0n) is 12.5. The maximum absolute atomic E-state index is 5.73. The maximum Gasteiger partial charge on any atom is 0.140 e. The van der Waals surface area contributed by atoms with E-state index in [0.717, 1.165) is 27.7 Å². The first-order valence-electron chi connectivity index (χ1n) is 7.62. The minimum Gasteiger partial charge on any atom is -0.377 e. The van der Waals surface area contributed by atoms with Crippen LogP contribution in [0.4, 0.5) is 5.82 Å². The lowest BCUT2D eigenvalue weighted by Crippen LogP contribution is -2.40. The number of benzene rings is 2. The highest BCUT2D eigenvalue weighted by molar-refractivity contribution is 9.10. The van der Waals surface area contributed by atoms with Crippen molar-refractivity contribution < 1.29 is 4.74 Å². The molecule has 0 spiro atoms. The topological polar surface area (TPSA) is 38.2 Å². The molecule has 0 saturated carbocycles. The molecule has 116 valence electrons. The quantitative estimate of drug-likeness (QED) is 0.684. The molecule has 2 heterocycles. The summed E-state index contributed by atoms with van der Waals surface area (Å²) in [6.45, 7) is 2.20. The summed E-state index contributed by atoms with van der Waals surface area (Å²) in [6.07, 6.45) is 1.64. The molecule has 4 nitrogen and oxygen atoms in total. The highest BCUT2D eigenvalue weighted by atomic mass is 79.9. The Kier molecular flexibility index (Phi) is 3.97. The predicted molar refractivity (Wildman–Crippen MR) is 94.6 cm³/mol. The standard InChI is InChI=1S/C18H16BrN3O/c19-14-6-7-16-15(10-14)18(21-12-20-16)22-8-9-23-11-17(22)13-4-2-1-3-5-13/h1-7,10,12,17H,8-9,11H2. The number of nitrogens with zero attached hydrogens (tertiary/aromatic N) is 3. The Morgan fingerprint density at radius 1 is 1.09 bits per heavy atom. The SMILES string of the molecule is Brc1ccc2ncnc(N3CCOCC3c3ccccc3)c2c1. The first kappa shape index (κ1) is 14.6.